The zero-order valence-corrected chi connectivity index (χ0v) is 8.94. The standard InChI is InChI=1S/C10H16N4O/c1-13-6-4-12-9(13)2-5-14-7-3-11-8-10(14)15/h4,6,11H,2-3,5,7-8H2,1H3. The zero-order valence-electron chi connectivity index (χ0n) is 8.94. The number of imidazole rings is 1. The van der Waals surface area contributed by atoms with Crippen LogP contribution < -0.4 is 5.32 Å². The maximum absolute atomic E-state index is 11.5. The summed E-state index contributed by atoms with van der Waals surface area (Å²) >= 11 is 0. The van der Waals surface area contributed by atoms with E-state index in [9.17, 15) is 4.79 Å². The maximum atomic E-state index is 11.5. The molecule has 5 nitrogen and oxygen atoms in total. The molecule has 0 spiro atoms. The highest BCUT2D eigenvalue weighted by Crippen LogP contribution is 2.00. The number of nitrogens with one attached hydrogen (secondary N) is 1. The van der Waals surface area contributed by atoms with E-state index in [0.717, 1.165) is 31.9 Å². The van der Waals surface area contributed by atoms with E-state index in [4.69, 9.17) is 0 Å². The molecule has 1 saturated heterocycles. The first-order chi connectivity index (χ1) is 7.27. The van der Waals surface area contributed by atoms with Crippen LogP contribution >= 0.6 is 0 Å². The van der Waals surface area contributed by atoms with Crippen LogP contribution in [0.3, 0.4) is 0 Å². The molecule has 1 fully saturated rings. The third kappa shape index (κ3) is 2.36. The molecule has 2 heterocycles. The lowest BCUT2D eigenvalue weighted by atomic mass is 10.3. The topological polar surface area (TPSA) is 50.2 Å². The van der Waals surface area contributed by atoms with Crippen LogP contribution in [-0.4, -0.2) is 46.5 Å². The van der Waals surface area contributed by atoms with Crippen molar-refractivity contribution in [2.45, 2.75) is 6.42 Å². The van der Waals surface area contributed by atoms with Crippen LogP contribution in [-0.2, 0) is 18.3 Å². The number of rotatable bonds is 3. The number of hydrogen-bond acceptors (Lipinski definition) is 3. The lowest BCUT2D eigenvalue weighted by Gasteiger charge is -2.27. The van der Waals surface area contributed by atoms with Crippen molar-refractivity contribution < 1.29 is 4.79 Å². The normalized spacial score (nSPS) is 17.1. The summed E-state index contributed by atoms with van der Waals surface area (Å²) in [5.74, 6) is 1.22. The smallest absolute Gasteiger partial charge is 0.236 e. The summed E-state index contributed by atoms with van der Waals surface area (Å²) in [5, 5.41) is 3.06. The lowest BCUT2D eigenvalue weighted by molar-refractivity contribution is -0.131. The Hall–Kier alpha value is -1.36. The molecule has 1 N–H and O–H groups in total. The Morgan fingerprint density at radius 3 is 3.13 bits per heavy atom. The summed E-state index contributed by atoms with van der Waals surface area (Å²) in [6.45, 7) is 2.95. The molecule has 1 aromatic rings. The molecule has 0 unspecified atom stereocenters. The Labute approximate surface area is 89.1 Å². The Morgan fingerprint density at radius 2 is 2.47 bits per heavy atom. The molecule has 15 heavy (non-hydrogen) atoms. The number of carbonyl (C=O) groups excluding carboxylic acids is 1. The largest absolute Gasteiger partial charge is 0.340 e. The van der Waals surface area contributed by atoms with E-state index in [1.165, 1.54) is 0 Å². The molecule has 0 atom stereocenters. The van der Waals surface area contributed by atoms with Gasteiger partial charge in [0.05, 0.1) is 6.54 Å². The van der Waals surface area contributed by atoms with Gasteiger partial charge in [0.25, 0.3) is 0 Å². The number of piperazine rings is 1. The van der Waals surface area contributed by atoms with Gasteiger partial charge in [0.1, 0.15) is 5.82 Å². The van der Waals surface area contributed by atoms with Gasteiger partial charge in [-0.3, -0.25) is 4.79 Å². The fraction of sp³-hybridized carbons (Fsp3) is 0.600. The molecule has 1 aromatic heterocycles. The first-order valence-electron chi connectivity index (χ1n) is 5.22. The van der Waals surface area contributed by atoms with E-state index in [-0.39, 0.29) is 5.91 Å². The van der Waals surface area contributed by atoms with E-state index in [1.54, 1.807) is 6.20 Å². The number of aromatic nitrogens is 2. The van der Waals surface area contributed by atoms with Crippen LogP contribution in [0.15, 0.2) is 12.4 Å². The number of carbonyl (C=O) groups is 1. The summed E-state index contributed by atoms with van der Waals surface area (Å²) in [6.07, 6.45) is 4.54. The summed E-state index contributed by atoms with van der Waals surface area (Å²) in [6, 6.07) is 0. The fourth-order valence-corrected chi connectivity index (χ4v) is 1.75. The molecular formula is C10H16N4O. The van der Waals surface area contributed by atoms with Gasteiger partial charge in [-0.25, -0.2) is 4.98 Å². The molecule has 0 aliphatic carbocycles. The van der Waals surface area contributed by atoms with Gasteiger partial charge in [-0.15, -0.1) is 0 Å². The molecule has 5 heteroatoms. The number of aryl methyl sites for hydroxylation is 1. The highest BCUT2D eigenvalue weighted by molar-refractivity contribution is 5.78. The van der Waals surface area contributed by atoms with Crippen LogP contribution in [0.5, 0.6) is 0 Å². The monoisotopic (exact) mass is 208 g/mol. The van der Waals surface area contributed by atoms with Crippen molar-refractivity contribution in [2.75, 3.05) is 26.2 Å². The zero-order chi connectivity index (χ0) is 10.7. The van der Waals surface area contributed by atoms with Gasteiger partial charge in [0, 0.05) is 45.5 Å². The molecule has 0 bridgehead atoms. The van der Waals surface area contributed by atoms with Gasteiger partial charge < -0.3 is 14.8 Å². The first kappa shape index (κ1) is 10.2. The molecule has 1 aliphatic heterocycles. The SMILES string of the molecule is Cn1ccnc1CCN1CCNCC1=O. The number of hydrogen-bond donors (Lipinski definition) is 1. The van der Waals surface area contributed by atoms with E-state index in [0.29, 0.717) is 6.54 Å². The van der Waals surface area contributed by atoms with Crippen LogP contribution in [0.25, 0.3) is 0 Å². The molecule has 0 saturated carbocycles. The van der Waals surface area contributed by atoms with Crippen LogP contribution in [0.2, 0.25) is 0 Å². The van der Waals surface area contributed by atoms with Crippen molar-refractivity contribution in [3.63, 3.8) is 0 Å². The van der Waals surface area contributed by atoms with Gasteiger partial charge in [0.15, 0.2) is 0 Å². The first-order valence-corrected chi connectivity index (χ1v) is 5.22. The van der Waals surface area contributed by atoms with Crippen LogP contribution in [0.4, 0.5) is 0 Å². The Bertz CT molecular complexity index is 347. The maximum Gasteiger partial charge on any atom is 0.236 e. The Morgan fingerprint density at radius 1 is 1.60 bits per heavy atom. The van der Waals surface area contributed by atoms with E-state index >= 15 is 0 Å². The highest BCUT2D eigenvalue weighted by atomic mass is 16.2. The second-order valence-electron chi connectivity index (χ2n) is 3.76. The summed E-state index contributed by atoms with van der Waals surface area (Å²) in [7, 11) is 1.97. The fourth-order valence-electron chi connectivity index (χ4n) is 1.75. The average molecular weight is 208 g/mol. The molecule has 2 rings (SSSR count). The van der Waals surface area contributed by atoms with Crippen molar-refractivity contribution in [1.29, 1.82) is 0 Å². The third-order valence-electron chi connectivity index (χ3n) is 2.71. The quantitative estimate of drug-likeness (QED) is 0.721. The van der Waals surface area contributed by atoms with E-state index in [2.05, 4.69) is 10.3 Å². The lowest BCUT2D eigenvalue weighted by Crippen LogP contribution is -2.48. The van der Waals surface area contributed by atoms with E-state index in [1.807, 2.05) is 22.7 Å². The number of amides is 1. The molecule has 0 aromatic carbocycles. The van der Waals surface area contributed by atoms with Crippen molar-refractivity contribution in [2.24, 2.45) is 7.05 Å². The minimum Gasteiger partial charge on any atom is -0.340 e. The van der Waals surface area contributed by atoms with Crippen LogP contribution in [0, 0.1) is 0 Å². The molecule has 1 aliphatic rings. The minimum atomic E-state index is 0.190. The molecule has 82 valence electrons. The second-order valence-corrected chi connectivity index (χ2v) is 3.76. The highest BCUT2D eigenvalue weighted by Gasteiger charge is 2.17. The van der Waals surface area contributed by atoms with Crippen LogP contribution in [0.1, 0.15) is 5.82 Å². The molecular weight excluding hydrogens is 192 g/mol. The van der Waals surface area contributed by atoms with Gasteiger partial charge in [-0.2, -0.15) is 0 Å². The van der Waals surface area contributed by atoms with Crippen molar-refractivity contribution in [3.05, 3.63) is 18.2 Å². The second kappa shape index (κ2) is 4.44. The summed E-state index contributed by atoms with van der Waals surface area (Å²) in [4.78, 5) is 17.6. The predicted octanol–water partition coefficient (Wildman–Crippen LogP) is -0.606. The van der Waals surface area contributed by atoms with Gasteiger partial charge in [-0.1, -0.05) is 0 Å². The Kier molecular flexibility index (Phi) is 3.01. The summed E-state index contributed by atoms with van der Waals surface area (Å²) in [5.41, 5.74) is 0. The molecule has 1 amide bonds. The van der Waals surface area contributed by atoms with Crippen molar-refractivity contribution in [3.8, 4) is 0 Å². The van der Waals surface area contributed by atoms with Crippen molar-refractivity contribution >= 4 is 5.91 Å². The van der Waals surface area contributed by atoms with Gasteiger partial charge in [-0.05, 0) is 0 Å². The minimum absolute atomic E-state index is 0.190. The van der Waals surface area contributed by atoms with E-state index < -0.39 is 0 Å². The predicted molar refractivity (Wildman–Crippen MR) is 56.4 cm³/mol. The third-order valence-corrected chi connectivity index (χ3v) is 2.71. The van der Waals surface area contributed by atoms with Gasteiger partial charge >= 0.3 is 0 Å². The average Bonchev–Trinajstić information content (AvgIpc) is 2.63. The number of nitrogens with zero attached hydrogens (tertiary/aromatic N) is 3. The molecule has 0 radical (unpaired) electrons. The van der Waals surface area contributed by atoms with Gasteiger partial charge in [0.2, 0.25) is 5.91 Å². The summed E-state index contributed by atoms with van der Waals surface area (Å²) < 4.78 is 1.99. The van der Waals surface area contributed by atoms with Crippen molar-refractivity contribution in [1.82, 2.24) is 19.8 Å². The Balaban J connectivity index is 1.87.